The molecule has 0 atom stereocenters. The maximum absolute atomic E-state index is 14.2. The van der Waals surface area contributed by atoms with Crippen LogP contribution in [0.1, 0.15) is 42.3 Å². The molecule has 0 saturated heterocycles. The number of nitrogens with two attached hydrogens (primary N) is 1. The summed E-state index contributed by atoms with van der Waals surface area (Å²) >= 11 is 0. The van der Waals surface area contributed by atoms with Crippen molar-refractivity contribution in [3.8, 4) is 0 Å². The van der Waals surface area contributed by atoms with Gasteiger partial charge in [0.2, 0.25) is 5.91 Å². The third-order valence-electron chi connectivity index (χ3n) is 5.70. The molecule has 0 bridgehead atoms. The van der Waals surface area contributed by atoms with Crippen LogP contribution in [0.2, 0.25) is 0 Å². The molecule has 1 amide bonds. The minimum absolute atomic E-state index is 0.163. The lowest BCUT2D eigenvalue weighted by molar-refractivity contribution is -0.117. The molecule has 8 nitrogen and oxygen atoms in total. The number of halogens is 1. The lowest BCUT2D eigenvalue weighted by atomic mass is 10.1. The largest absolute Gasteiger partial charge is 0.369 e. The molecule has 0 radical (unpaired) electrons. The predicted molar refractivity (Wildman–Crippen MR) is 127 cm³/mol. The minimum atomic E-state index is -0.536. The Hall–Kier alpha value is -4.01. The summed E-state index contributed by atoms with van der Waals surface area (Å²) < 4.78 is 16.8. The van der Waals surface area contributed by atoms with Crippen molar-refractivity contribution in [3.63, 3.8) is 0 Å². The standard InChI is InChI=1S/C25H26FN5O3/c1-2-3-12-30-23-22(24(33)31(25(30)34)15-18-6-4-5-7-19(18)26)28-21(29-23)14-17-10-8-16(9-11-17)13-20(27)32/h4-11H,2-3,12-15H2,1H3,(H2,27,32)(H,28,29). The third-order valence-corrected chi connectivity index (χ3v) is 5.70. The molecule has 0 aliphatic carbocycles. The van der Waals surface area contributed by atoms with Gasteiger partial charge < -0.3 is 10.7 Å². The van der Waals surface area contributed by atoms with Crippen LogP contribution in [0.3, 0.4) is 0 Å². The number of aromatic nitrogens is 4. The Morgan fingerprint density at radius 2 is 1.76 bits per heavy atom. The molecule has 0 fully saturated rings. The van der Waals surface area contributed by atoms with Gasteiger partial charge in [0, 0.05) is 18.5 Å². The molecule has 2 aromatic carbocycles. The summed E-state index contributed by atoms with van der Waals surface area (Å²) in [5.41, 5.74) is 6.70. The highest BCUT2D eigenvalue weighted by Crippen LogP contribution is 2.14. The zero-order valence-corrected chi connectivity index (χ0v) is 18.9. The van der Waals surface area contributed by atoms with Gasteiger partial charge in [-0.1, -0.05) is 55.8 Å². The molecule has 176 valence electrons. The van der Waals surface area contributed by atoms with Crippen molar-refractivity contribution < 1.29 is 9.18 Å². The average molecular weight is 464 g/mol. The number of unbranched alkanes of at least 4 members (excludes halogenated alkanes) is 1. The number of benzene rings is 2. The van der Waals surface area contributed by atoms with Gasteiger partial charge in [-0.05, 0) is 23.6 Å². The topological polar surface area (TPSA) is 116 Å². The number of imidazole rings is 1. The van der Waals surface area contributed by atoms with Crippen molar-refractivity contribution in [1.82, 2.24) is 19.1 Å². The molecule has 0 spiro atoms. The van der Waals surface area contributed by atoms with Crippen molar-refractivity contribution in [2.24, 2.45) is 5.73 Å². The number of carbonyl (C=O) groups is 1. The quantitative estimate of drug-likeness (QED) is 0.397. The van der Waals surface area contributed by atoms with Crippen LogP contribution in [0.4, 0.5) is 4.39 Å². The van der Waals surface area contributed by atoms with Crippen molar-refractivity contribution >= 4 is 17.1 Å². The number of H-pyrrole nitrogens is 1. The van der Waals surface area contributed by atoms with Gasteiger partial charge in [0.25, 0.3) is 5.56 Å². The zero-order chi connectivity index (χ0) is 24.2. The van der Waals surface area contributed by atoms with E-state index >= 15 is 0 Å². The monoisotopic (exact) mass is 463 g/mol. The molecule has 0 unspecified atom stereocenters. The van der Waals surface area contributed by atoms with E-state index in [1.807, 2.05) is 31.2 Å². The zero-order valence-electron chi connectivity index (χ0n) is 18.9. The van der Waals surface area contributed by atoms with Crippen molar-refractivity contribution in [2.45, 2.75) is 45.7 Å². The summed E-state index contributed by atoms with van der Waals surface area (Å²) in [6, 6.07) is 13.5. The molecule has 4 rings (SSSR count). The van der Waals surface area contributed by atoms with Crippen molar-refractivity contribution in [2.75, 3.05) is 0 Å². The van der Waals surface area contributed by atoms with E-state index in [9.17, 15) is 18.8 Å². The number of aryl methyl sites for hydroxylation is 1. The molecular weight excluding hydrogens is 437 g/mol. The first-order valence-corrected chi connectivity index (χ1v) is 11.2. The highest BCUT2D eigenvalue weighted by atomic mass is 19.1. The number of fused-ring (bicyclic) bond motifs is 1. The lowest BCUT2D eigenvalue weighted by Gasteiger charge is -2.11. The summed E-state index contributed by atoms with van der Waals surface area (Å²) in [7, 11) is 0. The molecule has 0 saturated carbocycles. The van der Waals surface area contributed by atoms with Gasteiger partial charge in [-0.2, -0.15) is 0 Å². The van der Waals surface area contributed by atoms with Crippen molar-refractivity contribution in [3.05, 3.63) is 97.7 Å². The van der Waals surface area contributed by atoms with Gasteiger partial charge in [-0.15, -0.1) is 0 Å². The summed E-state index contributed by atoms with van der Waals surface area (Å²) in [6.45, 7) is 2.24. The second-order valence-electron chi connectivity index (χ2n) is 8.29. The summed E-state index contributed by atoms with van der Waals surface area (Å²) in [6.07, 6.45) is 2.15. The van der Waals surface area contributed by atoms with Crippen LogP contribution in [-0.2, 0) is 30.7 Å². The van der Waals surface area contributed by atoms with E-state index in [4.69, 9.17) is 5.73 Å². The number of primary amides is 1. The van der Waals surface area contributed by atoms with E-state index in [0.717, 1.165) is 28.5 Å². The van der Waals surface area contributed by atoms with Crippen LogP contribution in [0.15, 0.2) is 58.1 Å². The van der Waals surface area contributed by atoms with E-state index in [0.29, 0.717) is 24.4 Å². The Kier molecular flexibility index (Phi) is 6.72. The fraction of sp³-hybridized carbons (Fsp3) is 0.280. The van der Waals surface area contributed by atoms with E-state index in [1.54, 1.807) is 18.2 Å². The molecule has 2 heterocycles. The summed E-state index contributed by atoms with van der Waals surface area (Å²) in [5.74, 6) is -0.344. The van der Waals surface area contributed by atoms with Gasteiger partial charge >= 0.3 is 5.69 Å². The minimum Gasteiger partial charge on any atom is -0.369 e. The van der Waals surface area contributed by atoms with E-state index in [1.165, 1.54) is 10.6 Å². The molecule has 2 aromatic heterocycles. The van der Waals surface area contributed by atoms with Crippen LogP contribution in [0.25, 0.3) is 11.2 Å². The second-order valence-corrected chi connectivity index (χ2v) is 8.29. The lowest BCUT2D eigenvalue weighted by Crippen LogP contribution is -2.40. The maximum Gasteiger partial charge on any atom is 0.333 e. The first-order valence-electron chi connectivity index (χ1n) is 11.2. The number of nitrogens with zero attached hydrogens (tertiary/aromatic N) is 3. The summed E-state index contributed by atoms with van der Waals surface area (Å²) in [5, 5.41) is 0. The van der Waals surface area contributed by atoms with Gasteiger partial charge in [0.05, 0.1) is 13.0 Å². The molecular formula is C25H26FN5O3. The fourth-order valence-corrected chi connectivity index (χ4v) is 3.92. The Balaban J connectivity index is 1.75. The molecule has 4 aromatic rings. The second kappa shape index (κ2) is 9.86. The van der Waals surface area contributed by atoms with Gasteiger partial charge in [0.1, 0.15) is 17.2 Å². The molecule has 0 aliphatic rings. The Bertz CT molecular complexity index is 1450. The number of carbonyl (C=O) groups excluding carboxylic acids is 1. The number of nitrogens with one attached hydrogen (secondary N) is 1. The Labute approximate surface area is 194 Å². The van der Waals surface area contributed by atoms with E-state index < -0.39 is 23.0 Å². The van der Waals surface area contributed by atoms with Crippen LogP contribution in [0.5, 0.6) is 0 Å². The summed E-state index contributed by atoms with van der Waals surface area (Å²) in [4.78, 5) is 45.2. The number of amides is 1. The van der Waals surface area contributed by atoms with Crippen LogP contribution >= 0.6 is 0 Å². The van der Waals surface area contributed by atoms with Crippen LogP contribution in [0, 0.1) is 5.82 Å². The molecule has 9 heteroatoms. The van der Waals surface area contributed by atoms with Crippen molar-refractivity contribution in [1.29, 1.82) is 0 Å². The van der Waals surface area contributed by atoms with Crippen LogP contribution < -0.4 is 17.0 Å². The van der Waals surface area contributed by atoms with E-state index in [2.05, 4.69) is 9.97 Å². The number of hydrogen-bond donors (Lipinski definition) is 2. The average Bonchev–Trinajstić information content (AvgIpc) is 3.22. The van der Waals surface area contributed by atoms with E-state index in [-0.39, 0.29) is 24.0 Å². The van der Waals surface area contributed by atoms with Gasteiger partial charge in [-0.25, -0.2) is 14.2 Å². The highest BCUT2D eigenvalue weighted by Gasteiger charge is 2.18. The number of aromatic amines is 1. The SMILES string of the molecule is CCCCn1c(=O)n(Cc2ccccc2F)c(=O)c2[nH]c(Cc3ccc(CC(N)=O)cc3)nc21. The fourth-order valence-electron chi connectivity index (χ4n) is 3.92. The third kappa shape index (κ3) is 4.83. The van der Waals surface area contributed by atoms with Gasteiger partial charge in [-0.3, -0.25) is 18.7 Å². The Morgan fingerprint density at radius 3 is 2.44 bits per heavy atom. The maximum atomic E-state index is 14.2. The van der Waals surface area contributed by atoms with Crippen LogP contribution in [-0.4, -0.2) is 25.0 Å². The first-order chi connectivity index (χ1) is 16.4. The smallest absolute Gasteiger partial charge is 0.333 e. The number of hydrogen-bond acceptors (Lipinski definition) is 4. The molecule has 0 aliphatic heterocycles. The first kappa shape index (κ1) is 23.2. The molecule has 3 N–H and O–H groups in total. The highest BCUT2D eigenvalue weighted by molar-refractivity contribution is 5.76. The number of rotatable bonds is 9. The predicted octanol–water partition coefficient (Wildman–Crippen LogP) is 2.49. The molecule has 34 heavy (non-hydrogen) atoms. The van der Waals surface area contributed by atoms with Gasteiger partial charge in [0.15, 0.2) is 5.65 Å². The Morgan fingerprint density at radius 1 is 1.06 bits per heavy atom. The normalized spacial score (nSPS) is 11.2.